The lowest BCUT2D eigenvalue weighted by molar-refractivity contribution is -0.890. The first-order valence-corrected chi connectivity index (χ1v) is 21.0. The fraction of sp³-hybridized carbons (Fsp3) is 0.953. The van der Waals surface area contributed by atoms with Crippen LogP contribution in [0.3, 0.4) is 0 Å². The molecule has 0 aliphatic rings. The maximum atomic E-state index is 3.68. The Bertz CT molecular complexity index is 461. The van der Waals surface area contributed by atoms with Crippen molar-refractivity contribution in [1.82, 2.24) is 0 Å². The number of unbranched alkanes of at least 4 members (excludes halogenated alkanes) is 31. The van der Waals surface area contributed by atoms with E-state index < -0.39 is 0 Å². The van der Waals surface area contributed by atoms with E-state index in [4.69, 9.17) is 0 Å². The van der Waals surface area contributed by atoms with Gasteiger partial charge in [-0.2, -0.15) is 0 Å². The van der Waals surface area contributed by atoms with Crippen LogP contribution in [0.2, 0.25) is 0 Å². The molecule has 0 spiro atoms. The minimum atomic E-state index is 1.20. The van der Waals surface area contributed by atoms with E-state index in [1.165, 1.54) is 236 Å². The molecule has 0 N–H and O–H groups in total. The Hall–Kier alpha value is -0.300. The lowest BCUT2D eigenvalue weighted by Gasteiger charge is -2.30. The van der Waals surface area contributed by atoms with Gasteiger partial charge in [-0.15, -0.1) is 6.58 Å². The monoisotopic (exact) mass is 621 g/mol. The molecule has 0 fully saturated rings. The van der Waals surface area contributed by atoms with E-state index in [0.717, 1.165) is 0 Å². The molecule has 0 aromatic carbocycles. The molecule has 0 unspecified atom stereocenters. The van der Waals surface area contributed by atoms with Crippen molar-refractivity contribution in [3.63, 3.8) is 0 Å². The van der Waals surface area contributed by atoms with E-state index in [9.17, 15) is 0 Å². The maximum Gasteiger partial charge on any atom is 0.0782 e. The van der Waals surface area contributed by atoms with Crippen LogP contribution in [0.1, 0.15) is 239 Å². The van der Waals surface area contributed by atoms with Crippen LogP contribution in [-0.4, -0.2) is 31.7 Å². The topological polar surface area (TPSA) is 0 Å². The molecule has 266 valence electrons. The molecule has 0 aliphatic heterocycles. The van der Waals surface area contributed by atoms with Gasteiger partial charge in [0.25, 0.3) is 0 Å². The second-order valence-corrected chi connectivity index (χ2v) is 15.1. The third-order valence-corrected chi connectivity index (χ3v) is 9.75. The Morgan fingerprint density at radius 3 is 0.750 bits per heavy atom. The van der Waals surface area contributed by atoms with E-state index in [1.54, 1.807) is 0 Å². The smallest absolute Gasteiger partial charge is 0.0782 e. The second-order valence-electron chi connectivity index (χ2n) is 15.1. The molecule has 0 heterocycles. The van der Waals surface area contributed by atoms with Crippen molar-refractivity contribution in [2.45, 2.75) is 239 Å². The van der Waals surface area contributed by atoms with Gasteiger partial charge < -0.3 is 4.48 Å². The first-order valence-electron chi connectivity index (χ1n) is 21.0. The van der Waals surface area contributed by atoms with Crippen molar-refractivity contribution in [2.24, 2.45) is 0 Å². The number of allylic oxidation sites excluding steroid dienone is 1. The Labute approximate surface area is 282 Å². The van der Waals surface area contributed by atoms with Crippen LogP contribution in [-0.2, 0) is 0 Å². The maximum absolute atomic E-state index is 3.68. The predicted octanol–water partition coefficient (Wildman–Crippen LogP) is 15.6. The normalized spacial score (nSPS) is 11.5. The molecule has 0 aromatic heterocycles. The molecule has 0 saturated heterocycles. The lowest BCUT2D eigenvalue weighted by Crippen LogP contribution is -2.41. The highest BCUT2D eigenvalue weighted by Crippen LogP contribution is 2.16. The average molecular weight is 621 g/mol. The molecular formula is C43H90N+. The molecule has 1 nitrogen and oxygen atoms in total. The highest BCUT2D eigenvalue weighted by molar-refractivity contribution is 4.65. The van der Waals surface area contributed by atoms with Gasteiger partial charge in [0.05, 0.1) is 27.2 Å². The molecule has 0 amide bonds. The van der Waals surface area contributed by atoms with E-state index in [0.29, 0.717) is 0 Å². The van der Waals surface area contributed by atoms with Crippen LogP contribution in [0.15, 0.2) is 12.7 Å². The standard InChI is InChI=1S/C34H72N.C9H18/c1-5-7-9-11-13-15-17-19-21-23-25-27-29-31-33-35(3,4)34-32-30-28-26-24-22-20-18-16-14-12-10-8-6-2;1-3-5-7-9-8-6-4-2/h5-34H2,1-4H3;3H,1,4-9H2,2H3/q+1;. The van der Waals surface area contributed by atoms with Gasteiger partial charge >= 0.3 is 0 Å². The summed E-state index contributed by atoms with van der Waals surface area (Å²) in [6.07, 6.45) is 51.0. The molecule has 44 heavy (non-hydrogen) atoms. The summed E-state index contributed by atoms with van der Waals surface area (Å²) in [5.41, 5.74) is 0. The van der Waals surface area contributed by atoms with Gasteiger partial charge in [-0.05, 0) is 38.5 Å². The summed E-state index contributed by atoms with van der Waals surface area (Å²) in [7, 11) is 4.93. The lowest BCUT2D eigenvalue weighted by atomic mass is 10.0. The first-order chi connectivity index (χ1) is 21.5. The Balaban J connectivity index is 0. The zero-order chi connectivity index (χ0) is 32.7. The van der Waals surface area contributed by atoms with Crippen LogP contribution < -0.4 is 0 Å². The molecule has 0 atom stereocenters. The van der Waals surface area contributed by atoms with Crippen molar-refractivity contribution < 1.29 is 4.48 Å². The van der Waals surface area contributed by atoms with Crippen LogP contribution >= 0.6 is 0 Å². The number of nitrogens with zero attached hydrogens (tertiary/aromatic N) is 1. The Morgan fingerprint density at radius 1 is 0.318 bits per heavy atom. The van der Waals surface area contributed by atoms with Crippen molar-refractivity contribution in [1.29, 1.82) is 0 Å². The summed E-state index contributed by atoms with van der Waals surface area (Å²) in [6.45, 7) is 13.3. The van der Waals surface area contributed by atoms with Gasteiger partial charge in [0.15, 0.2) is 0 Å². The van der Waals surface area contributed by atoms with Crippen LogP contribution in [0.4, 0.5) is 0 Å². The van der Waals surface area contributed by atoms with Crippen molar-refractivity contribution in [3.8, 4) is 0 Å². The molecule has 0 bridgehead atoms. The number of hydrogen-bond acceptors (Lipinski definition) is 0. The number of hydrogen-bond donors (Lipinski definition) is 0. The molecule has 0 aliphatic carbocycles. The Morgan fingerprint density at radius 2 is 0.523 bits per heavy atom. The summed E-state index contributed by atoms with van der Waals surface area (Å²) in [6, 6.07) is 0. The quantitative estimate of drug-likeness (QED) is 0.0371. The number of quaternary nitrogens is 1. The van der Waals surface area contributed by atoms with E-state index in [2.05, 4.69) is 41.4 Å². The molecule has 0 aromatic rings. The SMILES string of the molecule is C=CCCCCCCC.CCCCCCCCCCCCCCCC[N+](C)(C)CCCCCCCCCCCCCCCC. The highest BCUT2D eigenvalue weighted by Gasteiger charge is 2.13. The fourth-order valence-corrected chi connectivity index (χ4v) is 6.47. The van der Waals surface area contributed by atoms with Gasteiger partial charge in [0, 0.05) is 0 Å². The third-order valence-electron chi connectivity index (χ3n) is 9.75. The molecule has 0 radical (unpaired) electrons. The zero-order valence-corrected chi connectivity index (χ0v) is 32.2. The predicted molar refractivity (Wildman–Crippen MR) is 206 cm³/mol. The summed E-state index contributed by atoms with van der Waals surface area (Å²) in [4.78, 5) is 0. The van der Waals surface area contributed by atoms with Gasteiger partial charge in [-0.1, -0.05) is 207 Å². The van der Waals surface area contributed by atoms with Crippen molar-refractivity contribution >= 4 is 0 Å². The van der Waals surface area contributed by atoms with Gasteiger partial charge in [-0.25, -0.2) is 0 Å². The molecular weight excluding hydrogens is 530 g/mol. The fourth-order valence-electron chi connectivity index (χ4n) is 6.47. The summed E-state index contributed by atoms with van der Waals surface area (Å²) in [5, 5.41) is 0. The number of rotatable bonds is 36. The summed E-state index contributed by atoms with van der Waals surface area (Å²) in [5.74, 6) is 0. The average Bonchev–Trinajstić information content (AvgIpc) is 3.01. The van der Waals surface area contributed by atoms with Crippen LogP contribution in [0.5, 0.6) is 0 Å². The van der Waals surface area contributed by atoms with Crippen LogP contribution in [0.25, 0.3) is 0 Å². The third kappa shape index (κ3) is 43.8. The van der Waals surface area contributed by atoms with Crippen LogP contribution in [0, 0.1) is 0 Å². The zero-order valence-electron chi connectivity index (χ0n) is 32.2. The van der Waals surface area contributed by atoms with E-state index >= 15 is 0 Å². The Kier molecular flexibility index (Phi) is 42.4. The minimum Gasteiger partial charge on any atom is -0.328 e. The second kappa shape index (κ2) is 40.7. The van der Waals surface area contributed by atoms with Gasteiger partial charge in [-0.3, -0.25) is 0 Å². The molecule has 0 rings (SSSR count). The van der Waals surface area contributed by atoms with Gasteiger partial charge in [0.1, 0.15) is 0 Å². The van der Waals surface area contributed by atoms with Crippen molar-refractivity contribution in [3.05, 3.63) is 12.7 Å². The van der Waals surface area contributed by atoms with E-state index in [1.807, 2.05) is 6.08 Å². The summed E-state index contributed by atoms with van der Waals surface area (Å²) >= 11 is 0. The van der Waals surface area contributed by atoms with Crippen molar-refractivity contribution in [2.75, 3.05) is 27.2 Å². The largest absolute Gasteiger partial charge is 0.328 e. The van der Waals surface area contributed by atoms with E-state index in [-0.39, 0.29) is 0 Å². The molecule has 0 saturated carbocycles. The highest BCUT2D eigenvalue weighted by atomic mass is 15.3. The minimum absolute atomic E-state index is 1.20. The first kappa shape index (κ1) is 45.8. The van der Waals surface area contributed by atoms with Gasteiger partial charge in [0.2, 0.25) is 0 Å². The molecule has 1 heteroatoms. The summed E-state index contributed by atoms with van der Waals surface area (Å²) < 4.78 is 1.25.